The zero-order valence-electron chi connectivity index (χ0n) is 26.3. The molecule has 0 aliphatic carbocycles. The molecule has 4 aromatic heterocycles. The van der Waals surface area contributed by atoms with Crippen LogP contribution in [0.3, 0.4) is 0 Å². The molecule has 230 valence electrons. The molecule has 0 aliphatic rings. The van der Waals surface area contributed by atoms with Crippen LogP contribution in [0.15, 0.2) is 138 Å². The van der Waals surface area contributed by atoms with Gasteiger partial charge in [0, 0.05) is 63.9 Å². The molecule has 0 aliphatic heterocycles. The third-order valence-corrected chi connectivity index (χ3v) is 11.3. The van der Waals surface area contributed by atoms with Gasteiger partial charge in [-0.15, -0.1) is 11.3 Å². The molecule has 4 heterocycles. The Labute approximate surface area is 288 Å². The van der Waals surface area contributed by atoms with Gasteiger partial charge < -0.3 is 13.6 Å². The van der Waals surface area contributed by atoms with Crippen molar-refractivity contribution < 1.29 is 4.42 Å². The predicted octanol–water partition coefficient (Wildman–Crippen LogP) is 11.9. The molecule has 0 bridgehead atoms. The summed E-state index contributed by atoms with van der Waals surface area (Å²) in [5.41, 5.74) is 9.14. The van der Waals surface area contributed by atoms with Crippen molar-refractivity contribution >= 4 is 97.1 Å². The summed E-state index contributed by atoms with van der Waals surface area (Å²) in [7, 11) is 0. The second-order valence-corrected chi connectivity index (χ2v) is 13.9. The maximum Gasteiger partial charge on any atom is 0.135 e. The van der Waals surface area contributed by atoms with Gasteiger partial charge in [-0.3, -0.25) is 0 Å². The van der Waals surface area contributed by atoms with E-state index in [9.17, 15) is 10.5 Å². The smallest absolute Gasteiger partial charge is 0.135 e. The quantitative estimate of drug-likeness (QED) is 0.186. The number of fused-ring (bicyclic) bond motifs is 13. The lowest BCUT2D eigenvalue weighted by Crippen LogP contribution is -1.94. The van der Waals surface area contributed by atoms with E-state index < -0.39 is 0 Å². The highest BCUT2D eigenvalue weighted by Crippen LogP contribution is 2.44. The summed E-state index contributed by atoms with van der Waals surface area (Å²) in [6.07, 6.45) is 0. The second kappa shape index (κ2) is 9.84. The second-order valence-electron chi connectivity index (χ2n) is 12.8. The van der Waals surface area contributed by atoms with Crippen LogP contribution >= 0.6 is 11.3 Å². The van der Waals surface area contributed by atoms with E-state index in [1.54, 1.807) is 0 Å². The van der Waals surface area contributed by atoms with Gasteiger partial charge in [0.2, 0.25) is 0 Å². The van der Waals surface area contributed by atoms with Crippen molar-refractivity contribution in [3.63, 3.8) is 0 Å². The first-order valence-electron chi connectivity index (χ1n) is 16.4. The zero-order valence-corrected chi connectivity index (χ0v) is 27.1. The topological polar surface area (TPSA) is 70.6 Å². The third kappa shape index (κ3) is 3.58. The lowest BCUT2D eigenvalue weighted by Gasteiger charge is -2.09. The molecule has 7 aromatic carbocycles. The Morgan fingerprint density at radius 1 is 0.440 bits per heavy atom. The van der Waals surface area contributed by atoms with Gasteiger partial charge in [-0.2, -0.15) is 10.5 Å². The number of para-hydroxylation sites is 1. The summed E-state index contributed by atoms with van der Waals surface area (Å²) in [5.74, 6) is 0. The Hall–Kier alpha value is -6.86. The molecule has 0 N–H and O–H groups in total. The molecule has 0 radical (unpaired) electrons. The highest BCUT2D eigenvalue weighted by molar-refractivity contribution is 7.26. The number of nitrogens with zero attached hydrogens (tertiary/aromatic N) is 4. The molecular formula is C44H22N4OS. The summed E-state index contributed by atoms with van der Waals surface area (Å²) in [6, 6.07) is 50.7. The van der Waals surface area contributed by atoms with Crippen molar-refractivity contribution in [1.82, 2.24) is 9.13 Å². The van der Waals surface area contributed by atoms with E-state index in [1.165, 1.54) is 36.5 Å². The van der Waals surface area contributed by atoms with Crippen LogP contribution in [0.4, 0.5) is 0 Å². The molecule has 11 rings (SSSR count). The Morgan fingerprint density at radius 2 is 1.00 bits per heavy atom. The summed E-state index contributed by atoms with van der Waals surface area (Å²) in [4.78, 5) is 0. The number of nitriles is 2. The SMILES string of the molecule is N#Cc1ccc2c(c1)c1cc(C#N)ccc1n2-c1ccc2oc3ccc(-n4c5ccccc5c5c6c(ccc54)sc4ccccc46)cc3c2c1. The van der Waals surface area contributed by atoms with E-state index in [4.69, 9.17) is 4.42 Å². The van der Waals surface area contributed by atoms with Crippen LogP contribution in [-0.4, -0.2) is 9.13 Å². The van der Waals surface area contributed by atoms with Crippen molar-refractivity contribution in [1.29, 1.82) is 10.5 Å². The van der Waals surface area contributed by atoms with Gasteiger partial charge >= 0.3 is 0 Å². The first-order chi connectivity index (χ1) is 24.7. The first kappa shape index (κ1) is 27.1. The molecule has 0 atom stereocenters. The first-order valence-corrected chi connectivity index (χ1v) is 17.2. The van der Waals surface area contributed by atoms with Gasteiger partial charge in [0.05, 0.1) is 45.3 Å². The number of furan rings is 1. The van der Waals surface area contributed by atoms with Gasteiger partial charge in [-0.05, 0) is 97.1 Å². The Kier molecular flexibility index (Phi) is 5.34. The van der Waals surface area contributed by atoms with Crippen LogP contribution in [0, 0.1) is 22.7 Å². The van der Waals surface area contributed by atoms with Gasteiger partial charge in [0.25, 0.3) is 0 Å². The molecule has 0 saturated carbocycles. The number of hydrogen-bond donors (Lipinski definition) is 0. The fraction of sp³-hybridized carbons (Fsp3) is 0. The Balaban J connectivity index is 1.17. The van der Waals surface area contributed by atoms with E-state index in [-0.39, 0.29) is 0 Å². The van der Waals surface area contributed by atoms with Crippen molar-refractivity contribution in [3.05, 3.63) is 145 Å². The minimum atomic E-state index is 0.584. The molecule has 0 amide bonds. The van der Waals surface area contributed by atoms with E-state index in [2.05, 4.69) is 112 Å². The van der Waals surface area contributed by atoms with Crippen molar-refractivity contribution in [2.75, 3.05) is 0 Å². The van der Waals surface area contributed by atoms with Gasteiger partial charge in [0.1, 0.15) is 11.2 Å². The predicted molar refractivity (Wildman–Crippen MR) is 205 cm³/mol. The van der Waals surface area contributed by atoms with Crippen molar-refractivity contribution in [2.45, 2.75) is 0 Å². The van der Waals surface area contributed by atoms with E-state index in [1.807, 2.05) is 53.8 Å². The fourth-order valence-electron chi connectivity index (χ4n) is 8.02. The Bertz CT molecular complexity index is 3290. The van der Waals surface area contributed by atoms with Crippen molar-refractivity contribution in [3.8, 4) is 23.5 Å². The van der Waals surface area contributed by atoms with Crippen LogP contribution in [0.5, 0.6) is 0 Å². The van der Waals surface area contributed by atoms with Gasteiger partial charge in [-0.25, -0.2) is 0 Å². The number of rotatable bonds is 2. The summed E-state index contributed by atoms with van der Waals surface area (Å²) < 4.78 is 13.6. The summed E-state index contributed by atoms with van der Waals surface area (Å²) in [5, 5.41) is 28.4. The standard InChI is InChI=1S/C44H22N4OS/c45-23-25-9-13-36-31(19-25)32-20-26(24-46)10-14-37(32)47(36)27-11-16-39-33(21-27)34-22-28(12-17-40(34)49-39)48-35-7-3-1-5-29(35)43-38(48)15-18-42-44(43)30-6-2-4-8-41(30)50-42/h1-22H. The van der Waals surface area contributed by atoms with Crippen LogP contribution in [-0.2, 0) is 0 Å². The lowest BCUT2D eigenvalue weighted by atomic mass is 10.1. The third-order valence-electron chi connectivity index (χ3n) is 10.2. The average molecular weight is 655 g/mol. The molecule has 5 nitrogen and oxygen atoms in total. The number of thiophene rings is 1. The Morgan fingerprint density at radius 3 is 1.66 bits per heavy atom. The number of aromatic nitrogens is 2. The van der Waals surface area contributed by atoms with Crippen LogP contribution in [0.2, 0.25) is 0 Å². The molecular weight excluding hydrogens is 633 g/mol. The van der Waals surface area contributed by atoms with Crippen molar-refractivity contribution in [2.24, 2.45) is 0 Å². The fourth-order valence-corrected chi connectivity index (χ4v) is 9.14. The number of hydrogen-bond acceptors (Lipinski definition) is 4. The van der Waals surface area contributed by atoms with Crippen LogP contribution in [0.25, 0.3) is 97.1 Å². The lowest BCUT2D eigenvalue weighted by molar-refractivity contribution is 0.669. The normalized spacial score (nSPS) is 12.0. The minimum absolute atomic E-state index is 0.584. The highest BCUT2D eigenvalue weighted by atomic mass is 32.1. The average Bonchev–Trinajstić information content (AvgIpc) is 3.91. The molecule has 6 heteroatoms. The van der Waals surface area contributed by atoms with Gasteiger partial charge in [0.15, 0.2) is 0 Å². The van der Waals surface area contributed by atoms with E-state index in [0.717, 1.165) is 60.6 Å². The van der Waals surface area contributed by atoms with Crippen LogP contribution < -0.4 is 0 Å². The van der Waals surface area contributed by atoms with Crippen LogP contribution in [0.1, 0.15) is 11.1 Å². The number of benzene rings is 7. The summed E-state index contributed by atoms with van der Waals surface area (Å²) in [6.45, 7) is 0. The van der Waals surface area contributed by atoms with E-state index in [0.29, 0.717) is 11.1 Å². The van der Waals surface area contributed by atoms with Gasteiger partial charge in [-0.1, -0.05) is 36.4 Å². The largest absolute Gasteiger partial charge is 0.456 e. The maximum absolute atomic E-state index is 9.65. The molecule has 11 aromatic rings. The maximum atomic E-state index is 9.65. The minimum Gasteiger partial charge on any atom is -0.456 e. The van der Waals surface area contributed by atoms with E-state index >= 15 is 0 Å². The molecule has 0 spiro atoms. The monoisotopic (exact) mass is 654 g/mol. The molecule has 50 heavy (non-hydrogen) atoms. The molecule has 0 unspecified atom stereocenters. The molecule has 0 saturated heterocycles. The molecule has 0 fully saturated rings. The highest BCUT2D eigenvalue weighted by Gasteiger charge is 2.20. The summed E-state index contributed by atoms with van der Waals surface area (Å²) >= 11 is 1.85. The zero-order chi connectivity index (χ0) is 33.1.